The van der Waals surface area contributed by atoms with Crippen LogP contribution in [0.25, 0.3) is 0 Å². The molecule has 0 saturated heterocycles. The van der Waals surface area contributed by atoms with Crippen LogP contribution in [0.15, 0.2) is 22.9 Å². The Balaban J connectivity index is 2.00. The van der Waals surface area contributed by atoms with E-state index in [-0.39, 0.29) is 5.75 Å². The van der Waals surface area contributed by atoms with E-state index in [1.54, 1.807) is 0 Å². The number of fused-ring (bicyclic) bond motifs is 1. The molecule has 20 heavy (non-hydrogen) atoms. The third-order valence-corrected chi connectivity index (χ3v) is 3.71. The number of ether oxygens (including phenoxy) is 1. The third kappa shape index (κ3) is 2.52. The molecule has 2 aromatic rings. The van der Waals surface area contributed by atoms with E-state index in [1.807, 2.05) is 0 Å². The molecular formula is C14H11BrF2N2O. The molecule has 1 aromatic heterocycles. The minimum atomic E-state index is -1.02. The van der Waals surface area contributed by atoms with Crippen LogP contribution in [0.4, 0.5) is 8.78 Å². The summed E-state index contributed by atoms with van der Waals surface area (Å²) >= 11 is 3.12. The maximum atomic E-state index is 13.7. The quantitative estimate of drug-likeness (QED) is 0.769. The van der Waals surface area contributed by atoms with Gasteiger partial charge in [0.1, 0.15) is 6.33 Å². The molecule has 3 rings (SSSR count). The van der Waals surface area contributed by atoms with Crippen LogP contribution in [0, 0.1) is 11.6 Å². The molecule has 6 heteroatoms. The normalized spacial score (nSPS) is 13.9. The van der Waals surface area contributed by atoms with Crippen molar-refractivity contribution in [3.05, 3.63) is 45.8 Å². The predicted octanol–water partition coefficient (Wildman–Crippen LogP) is 4.19. The highest BCUT2D eigenvalue weighted by atomic mass is 79.9. The monoisotopic (exact) mass is 340 g/mol. The molecule has 1 aliphatic rings. The lowest BCUT2D eigenvalue weighted by atomic mass is 9.97. The van der Waals surface area contributed by atoms with E-state index >= 15 is 0 Å². The Morgan fingerprint density at radius 3 is 2.75 bits per heavy atom. The molecule has 1 heterocycles. The highest BCUT2D eigenvalue weighted by Crippen LogP contribution is 2.33. The summed E-state index contributed by atoms with van der Waals surface area (Å²) in [4.78, 5) is 8.26. The second-order valence-electron chi connectivity index (χ2n) is 4.61. The highest BCUT2D eigenvalue weighted by molar-refractivity contribution is 9.10. The Hall–Kier alpha value is -1.56. The van der Waals surface area contributed by atoms with Crippen LogP contribution in [0.2, 0.25) is 0 Å². The van der Waals surface area contributed by atoms with E-state index in [0.29, 0.717) is 10.4 Å². The molecule has 0 radical (unpaired) electrons. The average molecular weight is 341 g/mol. The molecule has 0 N–H and O–H groups in total. The van der Waals surface area contributed by atoms with Gasteiger partial charge in [-0.25, -0.2) is 14.4 Å². The molecule has 0 bridgehead atoms. The fourth-order valence-electron chi connectivity index (χ4n) is 2.29. The van der Waals surface area contributed by atoms with Crippen molar-refractivity contribution in [3.8, 4) is 11.6 Å². The molecular weight excluding hydrogens is 330 g/mol. The average Bonchev–Trinajstić information content (AvgIpc) is 2.44. The summed E-state index contributed by atoms with van der Waals surface area (Å²) in [5.74, 6) is -1.84. The van der Waals surface area contributed by atoms with Gasteiger partial charge in [0.05, 0.1) is 5.69 Å². The van der Waals surface area contributed by atoms with Gasteiger partial charge in [-0.1, -0.05) is 15.9 Å². The van der Waals surface area contributed by atoms with Crippen molar-refractivity contribution in [3.63, 3.8) is 0 Å². The summed E-state index contributed by atoms with van der Waals surface area (Å²) in [6.45, 7) is 0. The smallest absolute Gasteiger partial charge is 0.225 e. The van der Waals surface area contributed by atoms with Crippen molar-refractivity contribution in [2.24, 2.45) is 0 Å². The maximum absolute atomic E-state index is 13.7. The predicted molar refractivity (Wildman–Crippen MR) is 72.8 cm³/mol. The summed E-state index contributed by atoms with van der Waals surface area (Å²) < 4.78 is 33.0. The standard InChI is InChI=1S/C14H11BrF2N2O/c15-8-5-10(16)13(17)12(6-8)20-14-9-3-1-2-4-11(9)18-7-19-14/h5-7H,1-4H2. The summed E-state index contributed by atoms with van der Waals surface area (Å²) in [5, 5.41) is 0. The van der Waals surface area contributed by atoms with Crippen molar-refractivity contribution in [2.75, 3.05) is 0 Å². The van der Waals surface area contributed by atoms with Gasteiger partial charge in [-0.15, -0.1) is 0 Å². The first-order valence-corrected chi connectivity index (χ1v) is 7.09. The highest BCUT2D eigenvalue weighted by Gasteiger charge is 2.19. The van der Waals surface area contributed by atoms with E-state index < -0.39 is 11.6 Å². The molecule has 104 valence electrons. The Kier molecular flexibility index (Phi) is 3.65. The van der Waals surface area contributed by atoms with Gasteiger partial charge in [-0.05, 0) is 37.8 Å². The van der Waals surface area contributed by atoms with Crippen LogP contribution in [0.5, 0.6) is 11.6 Å². The Morgan fingerprint density at radius 1 is 1.10 bits per heavy atom. The van der Waals surface area contributed by atoms with Gasteiger partial charge in [0.2, 0.25) is 11.7 Å². The van der Waals surface area contributed by atoms with E-state index in [4.69, 9.17) is 4.74 Å². The fourth-order valence-corrected chi connectivity index (χ4v) is 2.70. The Morgan fingerprint density at radius 2 is 1.90 bits per heavy atom. The second-order valence-corrected chi connectivity index (χ2v) is 5.53. The fraction of sp³-hybridized carbons (Fsp3) is 0.286. The minimum Gasteiger partial charge on any atom is -0.435 e. The number of nitrogens with zero attached hydrogens (tertiary/aromatic N) is 2. The number of rotatable bonds is 2. The van der Waals surface area contributed by atoms with E-state index in [1.165, 1.54) is 12.4 Å². The first-order valence-electron chi connectivity index (χ1n) is 6.30. The first kappa shape index (κ1) is 13.4. The first-order chi connectivity index (χ1) is 9.65. The largest absolute Gasteiger partial charge is 0.435 e. The second kappa shape index (κ2) is 5.44. The third-order valence-electron chi connectivity index (χ3n) is 3.25. The summed E-state index contributed by atoms with van der Waals surface area (Å²) in [6, 6.07) is 2.44. The lowest BCUT2D eigenvalue weighted by molar-refractivity contribution is 0.397. The molecule has 0 aliphatic heterocycles. The molecule has 1 aromatic carbocycles. The zero-order chi connectivity index (χ0) is 14.1. The summed E-state index contributed by atoms with van der Waals surface area (Å²) in [6.07, 6.45) is 5.15. The van der Waals surface area contributed by atoms with Crippen molar-refractivity contribution in [1.82, 2.24) is 9.97 Å². The lowest BCUT2D eigenvalue weighted by Crippen LogP contribution is -2.08. The number of hydrogen-bond acceptors (Lipinski definition) is 3. The Labute approximate surface area is 123 Å². The van der Waals surface area contributed by atoms with Gasteiger partial charge in [-0.3, -0.25) is 0 Å². The Bertz CT molecular complexity index is 664. The number of aromatic nitrogens is 2. The molecule has 0 spiro atoms. The molecule has 0 unspecified atom stereocenters. The molecule has 0 amide bonds. The van der Waals surface area contributed by atoms with E-state index in [9.17, 15) is 8.78 Å². The van der Waals surface area contributed by atoms with Crippen LogP contribution < -0.4 is 4.74 Å². The van der Waals surface area contributed by atoms with Gasteiger partial charge in [-0.2, -0.15) is 4.39 Å². The lowest BCUT2D eigenvalue weighted by Gasteiger charge is -2.17. The van der Waals surface area contributed by atoms with E-state index in [0.717, 1.165) is 43.0 Å². The van der Waals surface area contributed by atoms with Crippen molar-refractivity contribution < 1.29 is 13.5 Å². The number of aryl methyl sites for hydroxylation is 1. The maximum Gasteiger partial charge on any atom is 0.225 e. The molecule has 1 aliphatic carbocycles. The zero-order valence-corrected chi connectivity index (χ0v) is 12.1. The SMILES string of the molecule is Fc1cc(Br)cc(Oc2ncnc3c2CCCC3)c1F. The summed E-state index contributed by atoms with van der Waals surface area (Å²) in [5.41, 5.74) is 1.82. The molecule has 3 nitrogen and oxygen atoms in total. The van der Waals surface area contributed by atoms with Gasteiger partial charge in [0, 0.05) is 10.0 Å². The topological polar surface area (TPSA) is 35.0 Å². The number of benzene rings is 1. The molecule has 0 saturated carbocycles. The van der Waals surface area contributed by atoms with Crippen LogP contribution in [-0.4, -0.2) is 9.97 Å². The van der Waals surface area contributed by atoms with Crippen molar-refractivity contribution in [1.29, 1.82) is 0 Å². The zero-order valence-electron chi connectivity index (χ0n) is 10.5. The van der Waals surface area contributed by atoms with Gasteiger partial charge in [0.25, 0.3) is 0 Å². The van der Waals surface area contributed by atoms with Gasteiger partial charge in [0.15, 0.2) is 11.6 Å². The van der Waals surface area contributed by atoms with Crippen molar-refractivity contribution in [2.45, 2.75) is 25.7 Å². The van der Waals surface area contributed by atoms with Gasteiger partial charge < -0.3 is 4.74 Å². The van der Waals surface area contributed by atoms with Crippen molar-refractivity contribution >= 4 is 15.9 Å². The molecule has 0 atom stereocenters. The minimum absolute atomic E-state index is 0.177. The van der Waals surface area contributed by atoms with E-state index in [2.05, 4.69) is 25.9 Å². The number of halogens is 3. The van der Waals surface area contributed by atoms with Crippen LogP contribution in [0.3, 0.4) is 0 Å². The summed E-state index contributed by atoms with van der Waals surface area (Å²) in [7, 11) is 0. The van der Waals surface area contributed by atoms with Gasteiger partial charge >= 0.3 is 0 Å². The van der Waals surface area contributed by atoms with Crippen LogP contribution in [-0.2, 0) is 12.8 Å². The molecule has 0 fully saturated rings. The van der Waals surface area contributed by atoms with Crippen LogP contribution in [0.1, 0.15) is 24.1 Å². The van der Waals surface area contributed by atoms with Crippen LogP contribution >= 0.6 is 15.9 Å². The number of hydrogen-bond donors (Lipinski definition) is 0.